The van der Waals surface area contributed by atoms with Crippen molar-refractivity contribution in [1.29, 1.82) is 0 Å². The Morgan fingerprint density at radius 2 is 1.91 bits per heavy atom. The molecule has 2 aromatic carbocycles. The van der Waals surface area contributed by atoms with Crippen LogP contribution in [-0.4, -0.2) is 41.4 Å². The number of aryl methyl sites for hydroxylation is 1. The lowest BCUT2D eigenvalue weighted by molar-refractivity contribution is -0.122. The van der Waals surface area contributed by atoms with Gasteiger partial charge in [-0.15, -0.1) is 0 Å². The fourth-order valence-corrected chi connectivity index (χ4v) is 3.92. The molecule has 0 aliphatic rings. The van der Waals surface area contributed by atoms with E-state index in [2.05, 4.69) is 10.3 Å². The second-order valence-corrected chi connectivity index (χ2v) is 8.21. The molecule has 8 nitrogen and oxygen atoms in total. The first-order valence-corrected chi connectivity index (χ1v) is 11.1. The van der Waals surface area contributed by atoms with E-state index in [1.807, 2.05) is 13.0 Å². The molecule has 0 saturated heterocycles. The van der Waals surface area contributed by atoms with Gasteiger partial charge in [-0.2, -0.15) is 0 Å². The van der Waals surface area contributed by atoms with Crippen LogP contribution in [0.15, 0.2) is 47.3 Å². The Kier molecular flexibility index (Phi) is 8.31. The molecular formula is C25H28ClN3O5. The van der Waals surface area contributed by atoms with Crippen LogP contribution in [0.5, 0.6) is 11.5 Å². The van der Waals surface area contributed by atoms with Crippen LogP contribution in [0.25, 0.3) is 11.4 Å². The number of benzene rings is 2. The first-order valence-electron chi connectivity index (χ1n) is 10.8. The normalized spacial score (nSPS) is 11.7. The number of methoxy groups -OCH3 is 2. The first kappa shape index (κ1) is 25.3. The number of aromatic nitrogens is 2. The summed E-state index contributed by atoms with van der Waals surface area (Å²) in [4.78, 5) is 30.9. The maximum absolute atomic E-state index is 13.3. The van der Waals surface area contributed by atoms with E-state index in [4.69, 9.17) is 21.1 Å². The molecule has 1 atom stereocenters. The topological polar surface area (TPSA) is 103 Å². The number of nitrogens with zero attached hydrogens (tertiary/aromatic N) is 2. The average Bonchev–Trinajstić information content (AvgIpc) is 2.82. The van der Waals surface area contributed by atoms with Gasteiger partial charge in [-0.1, -0.05) is 29.8 Å². The van der Waals surface area contributed by atoms with Crippen molar-refractivity contribution in [3.63, 3.8) is 0 Å². The molecule has 34 heavy (non-hydrogen) atoms. The molecule has 3 aromatic rings. The number of hydrogen-bond acceptors (Lipinski definition) is 6. The first-order chi connectivity index (χ1) is 16.3. The highest BCUT2D eigenvalue weighted by atomic mass is 35.5. The van der Waals surface area contributed by atoms with Gasteiger partial charge in [-0.25, -0.2) is 4.98 Å². The van der Waals surface area contributed by atoms with E-state index in [0.717, 1.165) is 5.56 Å². The number of hydrogen-bond donors (Lipinski definition) is 2. The zero-order chi connectivity index (χ0) is 24.8. The molecule has 0 saturated carbocycles. The fraction of sp³-hybridized carbons (Fsp3) is 0.320. The summed E-state index contributed by atoms with van der Waals surface area (Å²) in [5, 5.41) is 12.8. The molecule has 9 heteroatoms. The third kappa shape index (κ3) is 5.58. The molecule has 1 heterocycles. The van der Waals surface area contributed by atoms with Gasteiger partial charge in [0.15, 0.2) is 11.5 Å². The highest BCUT2D eigenvalue weighted by molar-refractivity contribution is 6.30. The van der Waals surface area contributed by atoms with Gasteiger partial charge in [0.2, 0.25) is 5.91 Å². The Morgan fingerprint density at radius 1 is 1.18 bits per heavy atom. The van der Waals surface area contributed by atoms with Crippen LogP contribution in [0, 0.1) is 6.92 Å². The molecule has 0 aliphatic carbocycles. The summed E-state index contributed by atoms with van der Waals surface area (Å²) in [6.07, 6.45) is 0.150. The highest BCUT2D eigenvalue weighted by Crippen LogP contribution is 2.30. The van der Waals surface area contributed by atoms with Crippen molar-refractivity contribution >= 4 is 17.5 Å². The van der Waals surface area contributed by atoms with Gasteiger partial charge in [0.25, 0.3) is 5.56 Å². The predicted molar refractivity (Wildman–Crippen MR) is 131 cm³/mol. The van der Waals surface area contributed by atoms with Gasteiger partial charge in [0.05, 0.1) is 20.3 Å². The van der Waals surface area contributed by atoms with Gasteiger partial charge in [-0.3, -0.25) is 14.2 Å². The molecular weight excluding hydrogens is 458 g/mol. The average molecular weight is 486 g/mol. The molecule has 180 valence electrons. The lowest BCUT2D eigenvalue weighted by Crippen LogP contribution is -2.36. The van der Waals surface area contributed by atoms with Crippen molar-refractivity contribution in [2.75, 3.05) is 20.8 Å². The molecule has 0 bridgehead atoms. The third-order valence-corrected chi connectivity index (χ3v) is 5.74. The van der Waals surface area contributed by atoms with Crippen LogP contribution >= 0.6 is 11.6 Å². The third-order valence-electron chi connectivity index (χ3n) is 5.50. The summed E-state index contributed by atoms with van der Waals surface area (Å²) < 4.78 is 11.9. The number of aliphatic hydroxyl groups is 1. The summed E-state index contributed by atoms with van der Waals surface area (Å²) in [5.41, 5.74) is 1.93. The van der Waals surface area contributed by atoms with Crippen LogP contribution in [0.4, 0.5) is 0 Å². The number of carbonyl (C=O) groups is 1. The van der Waals surface area contributed by atoms with Crippen LogP contribution < -0.4 is 20.3 Å². The number of amides is 1. The van der Waals surface area contributed by atoms with E-state index >= 15 is 0 Å². The fourth-order valence-electron chi connectivity index (χ4n) is 3.73. The predicted octanol–water partition coefficient (Wildman–Crippen LogP) is 3.30. The zero-order valence-electron chi connectivity index (χ0n) is 19.6. The maximum Gasteiger partial charge on any atom is 0.257 e. The smallest absolute Gasteiger partial charge is 0.257 e. The molecule has 0 spiro atoms. The van der Waals surface area contributed by atoms with Crippen molar-refractivity contribution in [2.24, 2.45) is 0 Å². The van der Waals surface area contributed by atoms with Crippen LogP contribution in [0.1, 0.15) is 29.8 Å². The highest BCUT2D eigenvalue weighted by Gasteiger charge is 2.19. The number of carbonyl (C=O) groups excluding carboxylic acids is 1. The number of halogens is 1. The summed E-state index contributed by atoms with van der Waals surface area (Å²) in [7, 11) is 3.10. The monoisotopic (exact) mass is 485 g/mol. The minimum Gasteiger partial charge on any atom is -0.493 e. The van der Waals surface area contributed by atoms with Crippen LogP contribution in [-0.2, 0) is 17.8 Å². The summed E-state index contributed by atoms with van der Waals surface area (Å²) >= 11 is 6.15. The molecule has 0 aliphatic heterocycles. The summed E-state index contributed by atoms with van der Waals surface area (Å²) in [5.74, 6) is 1.11. The molecule has 2 N–H and O–H groups in total. The number of aliphatic hydroxyl groups excluding tert-OH is 1. The van der Waals surface area contributed by atoms with E-state index in [9.17, 15) is 14.7 Å². The van der Waals surface area contributed by atoms with Crippen molar-refractivity contribution < 1.29 is 19.4 Å². The lowest BCUT2D eigenvalue weighted by atomic mass is 10.1. The van der Waals surface area contributed by atoms with Crippen molar-refractivity contribution in [2.45, 2.75) is 32.9 Å². The molecule has 1 amide bonds. The number of nitrogens with one attached hydrogen (secondary N) is 1. The summed E-state index contributed by atoms with van der Waals surface area (Å²) in [6, 6.07) is 12.0. The van der Waals surface area contributed by atoms with Gasteiger partial charge >= 0.3 is 0 Å². The quantitative estimate of drug-likeness (QED) is 0.482. The van der Waals surface area contributed by atoms with Crippen molar-refractivity contribution in [3.05, 3.63) is 74.7 Å². The van der Waals surface area contributed by atoms with Crippen molar-refractivity contribution in [1.82, 2.24) is 14.9 Å². The van der Waals surface area contributed by atoms with E-state index in [1.165, 1.54) is 4.57 Å². The molecule has 1 aromatic heterocycles. The second-order valence-electron chi connectivity index (χ2n) is 7.78. The van der Waals surface area contributed by atoms with Gasteiger partial charge in [0, 0.05) is 34.9 Å². The van der Waals surface area contributed by atoms with Gasteiger partial charge in [0.1, 0.15) is 12.4 Å². The zero-order valence-corrected chi connectivity index (χ0v) is 20.3. The molecule has 3 rings (SSSR count). The molecule has 0 radical (unpaired) electrons. The second kappa shape index (κ2) is 11.2. The minimum absolute atomic E-state index is 0.150. The van der Waals surface area contributed by atoms with E-state index < -0.39 is 0 Å². The maximum atomic E-state index is 13.3. The summed E-state index contributed by atoms with van der Waals surface area (Å²) in [6.45, 7) is 3.11. The Hall–Kier alpha value is -3.36. The molecule has 0 fully saturated rings. The number of ether oxygens (including phenoxy) is 2. The van der Waals surface area contributed by atoms with Crippen LogP contribution in [0.3, 0.4) is 0 Å². The minimum atomic E-state index is -0.370. The van der Waals surface area contributed by atoms with E-state index in [1.54, 1.807) is 57.5 Å². The SMILES string of the molecule is COc1ccc([C@H](C)NC(=O)Cn2c(-c3cccc(Cl)c3)nc(C)c(CCO)c2=O)cc1OC. The Morgan fingerprint density at radius 3 is 2.56 bits per heavy atom. The Labute approximate surface area is 203 Å². The van der Waals surface area contributed by atoms with Crippen LogP contribution in [0.2, 0.25) is 5.02 Å². The van der Waals surface area contributed by atoms with Gasteiger partial charge in [-0.05, 0) is 43.7 Å². The standard InChI is InChI=1S/C25H28ClN3O5/c1-15(17-8-9-21(33-3)22(13-17)34-4)27-23(31)14-29-24(18-6-5-7-19(26)12-18)28-16(2)20(10-11-30)25(29)32/h5-9,12-13,15,30H,10-11,14H2,1-4H3,(H,27,31)/t15-/m0/s1. The Balaban J connectivity index is 1.93. The largest absolute Gasteiger partial charge is 0.493 e. The van der Waals surface area contributed by atoms with Crippen molar-refractivity contribution in [3.8, 4) is 22.9 Å². The van der Waals surface area contributed by atoms with Gasteiger partial charge < -0.3 is 19.9 Å². The number of rotatable bonds is 9. The van der Waals surface area contributed by atoms with E-state index in [0.29, 0.717) is 39.2 Å². The molecule has 0 unspecified atom stereocenters. The van der Waals surface area contributed by atoms with E-state index in [-0.39, 0.29) is 37.1 Å². The lowest BCUT2D eigenvalue weighted by Gasteiger charge is -2.19. The Bertz CT molecular complexity index is 1240.